The zero-order valence-electron chi connectivity index (χ0n) is 7.92. The van der Waals surface area contributed by atoms with E-state index in [2.05, 4.69) is 0 Å². The maximum absolute atomic E-state index is 5.97. The normalized spacial score (nSPS) is 19.2. The van der Waals surface area contributed by atoms with Crippen LogP contribution in [0.25, 0.3) is 0 Å². The molecule has 2 rings (SSSR count). The molecule has 2 N–H and O–H groups in total. The Hall–Kier alpha value is -0.440. The Morgan fingerprint density at radius 1 is 1.50 bits per heavy atom. The molecule has 0 aliphatic carbocycles. The number of halogens is 2. The van der Waals surface area contributed by atoms with Gasteiger partial charge in [-0.15, -0.1) is 12.4 Å². The third-order valence-corrected chi connectivity index (χ3v) is 2.85. The van der Waals surface area contributed by atoms with Crippen molar-refractivity contribution < 1.29 is 4.74 Å². The molecule has 1 atom stereocenters. The molecule has 0 saturated heterocycles. The first kappa shape index (κ1) is 11.6. The van der Waals surface area contributed by atoms with Crippen LogP contribution >= 0.6 is 24.0 Å². The molecular weight excluding hydrogens is 221 g/mol. The molecule has 0 saturated carbocycles. The quantitative estimate of drug-likeness (QED) is 0.749. The van der Waals surface area contributed by atoms with Crippen LogP contribution < -0.4 is 10.5 Å². The van der Waals surface area contributed by atoms with E-state index in [9.17, 15) is 0 Å². The maximum atomic E-state index is 5.97. The summed E-state index contributed by atoms with van der Waals surface area (Å²) in [6.45, 7) is 2.65. The Balaban J connectivity index is 0.000000980. The summed E-state index contributed by atoms with van der Waals surface area (Å²) in [6, 6.07) is 3.93. The van der Waals surface area contributed by atoms with Crippen molar-refractivity contribution in [3.05, 3.63) is 28.3 Å². The molecule has 0 radical (unpaired) electrons. The molecule has 1 aromatic carbocycles. The summed E-state index contributed by atoms with van der Waals surface area (Å²) in [5.41, 5.74) is 8.01. The Kier molecular flexibility index (Phi) is 3.65. The third kappa shape index (κ3) is 1.83. The van der Waals surface area contributed by atoms with Crippen molar-refractivity contribution in [2.24, 2.45) is 5.73 Å². The van der Waals surface area contributed by atoms with Crippen LogP contribution in [0, 0.1) is 6.92 Å². The number of rotatable bonds is 0. The van der Waals surface area contributed by atoms with Gasteiger partial charge < -0.3 is 10.5 Å². The molecule has 1 aliphatic rings. The fourth-order valence-electron chi connectivity index (χ4n) is 1.62. The van der Waals surface area contributed by atoms with Crippen LogP contribution in [0.3, 0.4) is 0 Å². The molecule has 0 aromatic heterocycles. The van der Waals surface area contributed by atoms with Crippen molar-refractivity contribution in [1.29, 1.82) is 0 Å². The second-order valence-corrected chi connectivity index (χ2v) is 3.74. The van der Waals surface area contributed by atoms with Gasteiger partial charge in [0, 0.05) is 28.6 Å². The van der Waals surface area contributed by atoms with Crippen molar-refractivity contribution in [2.75, 3.05) is 6.61 Å². The van der Waals surface area contributed by atoms with Crippen LogP contribution in [0.15, 0.2) is 12.1 Å². The Labute approximate surface area is 94.8 Å². The van der Waals surface area contributed by atoms with Crippen molar-refractivity contribution in [3.8, 4) is 5.75 Å². The van der Waals surface area contributed by atoms with Crippen LogP contribution in [0.5, 0.6) is 5.75 Å². The van der Waals surface area contributed by atoms with E-state index < -0.39 is 0 Å². The fourth-order valence-corrected chi connectivity index (χ4v) is 1.76. The molecule has 0 unspecified atom stereocenters. The third-order valence-electron chi connectivity index (χ3n) is 2.44. The largest absolute Gasteiger partial charge is 0.493 e. The molecular formula is C10H13Cl2NO. The van der Waals surface area contributed by atoms with Gasteiger partial charge in [0.2, 0.25) is 0 Å². The highest BCUT2D eigenvalue weighted by molar-refractivity contribution is 6.31. The monoisotopic (exact) mass is 233 g/mol. The standard InChI is InChI=1S/C10H12ClNO.ClH/c1-6-8(11)3-2-7-9(12)4-5-13-10(6)7;/h2-3,9H,4-5,12H2,1H3;1H/t9-;/m0./s1. The van der Waals surface area contributed by atoms with Gasteiger partial charge in [0.15, 0.2) is 0 Å². The molecule has 78 valence electrons. The Morgan fingerprint density at radius 3 is 2.93 bits per heavy atom. The highest BCUT2D eigenvalue weighted by Crippen LogP contribution is 2.36. The first-order valence-corrected chi connectivity index (χ1v) is 4.75. The second kappa shape index (κ2) is 4.39. The number of ether oxygens (including phenoxy) is 1. The van der Waals surface area contributed by atoms with Gasteiger partial charge in [-0.1, -0.05) is 17.7 Å². The minimum absolute atomic E-state index is 0. The predicted molar refractivity (Wildman–Crippen MR) is 60.5 cm³/mol. The van der Waals surface area contributed by atoms with E-state index in [0.29, 0.717) is 6.61 Å². The lowest BCUT2D eigenvalue weighted by atomic mass is 9.99. The van der Waals surface area contributed by atoms with Gasteiger partial charge in [0.25, 0.3) is 0 Å². The maximum Gasteiger partial charge on any atom is 0.128 e. The topological polar surface area (TPSA) is 35.2 Å². The minimum Gasteiger partial charge on any atom is -0.493 e. The van der Waals surface area contributed by atoms with E-state index in [0.717, 1.165) is 28.3 Å². The average molecular weight is 234 g/mol. The van der Waals surface area contributed by atoms with Crippen molar-refractivity contribution >= 4 is 24.0 Å². The van der Waals surface area contributed by atoms with Crippen LogP contribution in [0.4, 0.5) is 0 Å². The van der Waals surface area contributed by atoms with E-state index in [-0.39, 0.29) is 18.4 Å². The summed E-state index contributed by atoms with van der Waals surface area (Å²) >= 11 is 5.97. The van der Waals surface area contributed by atoms with E-state index >= 15 is 0 Å². The first-order chi connectivity index (χ1) is 6.20. The van der Waals surface area contributed by atoms with Crippen LogP contribution in [-0.4, -0.2) is 6.61 Å². The number of hydrogen-bond donors (Lipinski definition) is 1. The predicted octanol–water partition coefficient (Wildman–Crippen LogP) is 2.85. The van der Waals surface area contributed by atoms with Gasteiger partial charge in [-0.3, -0.25) is 0 Å². The summed E-state index contributed by atoms with van der Waals surface area (Å²) in [4.78, 5) is 0. The minimum atomic E-state index is 0. The molecule has 0 bridgehead atoms. The number of hydrogen-bond acceptors (Lipinski definition) is 2. The molecule has 0 spiro atoms. The SMILES string of the molecule is Cc1c(Cl)ccc2c1OCC[C@@H]2N.Cl. The fraction of sp³-hybridized carbons (Fsp3) is 0.400. The average Bonchev–Trinajstić information content (AvgIpc) is 2.12. The molecule has 0 amide bonds. The highest BCUT2D eigenvalue weighted by atomic mass is 35.5. The second-order valence-electron chi connectivity index (χ2n) is 3.33. The summed E-state index contributed by atoms with van der Waals surface area (Å²) in [5, 5.41) is 0.743. The van der Waals surface area contributed by atoms with Gasteiger partial charge >= 0.3 is 0 Å². The number of fused-ring (bicyclic) bond motifs is 1. The lowest BCUT2D eigenvalue weighted by Crippen LogP contribution is -2.21. The molecule has 2 nitrogen and oxygen atoms in total. The van der Waals surface area contributed by atoms with Crippen molar-refractivity contribution in [3.63, 3.8) is 0 Å². The number of nitrogens with two attached hydrogens (primary N) is 1. The first-order valence-electron chi connectivity index (χ1n) is 4.37. The number of benzene rings is 1. The van der Waals surface area contributed by atoms with E-state index in [1.807, 2.05) is 19.1 Å². The zero-order valence-corrected chi connectivity index (χ0v) is 9.49. The van der Waals surface area contributed by atoms with Crippen LogP contribution in [0.1, 0.15) is 23.6 Å². The Morgan fingerprint density at radius 2 is 2.21 bits per heavy atom. The van der Waals surface area contributed by atoms with E-state index in [1.165, 1.54) is 0 Å². The van der Waals surface area contributed by atoms with E-state index in [4.69, 9.17) is 22.1 Å². The van der Waals surface area contributed by atoms with Crippen molar-refractivity contribution in [2.45, 2.75) is 19.4 Å². The highest BCUT2D eigenvalue weighted by Gasteiger charge is 2.20. The molecule has 1 aliphatic heterocycles. The summed E-state index contributed by atoms with van der Waals surface area (Å²) < 4.78 is 5.54. The summed E-state index contributed by atoms with van der Waals surface area (Å²) in [7, 11) is 0. The molecule has 1 heterocycles. The molecule has 4 heteroatoms. The lowest BCUT2D eigenvalue weighted by Gasteiger charge is -2.24. The van der Waals surface area contributed by atoms with E-state index in [1.54, 1.807) is 0 Å². The van der Waals surface area contributed by atoms with Gasteiger partial charge in [-0.2, -0.15) is 0 Å². The lowest BCUT2D eigenvalue weighted by molar-refractivity contribution is 0.267. The van der Waals surface area contributed by atoms with Gasteiger partial charge in [0.1, 0.15) is 5.75 Å². The van der Waals surface area contributed by atoms with Crippen LogP contribution in [-0.2, 0) is 0 Å². The van der Waals surface area contributed by atoms with Gasteiger partial charge in [0.05, 0.1) is 6.61 Å². The summed E-state index contributed by atoms with van der Waals surface area (Å²) in [6.07, 6.45) is 0.883. The molecule has 1 aromatic rings. The Bertz CT molecular complexity index is 341. The zero-order chi connectivity index (χ0) is 9.42. The van der Waals surface area contributed by atoms with Crippen molar-refractivity contribution in [1.82, 2.24) is 0 Å². The molecule has 0 fully saturated rings. The smallest absolute Gasteiger partial charge is 0.128 e. The summed E-state index contributed by atoms with van der Waals surface area (Å²) in [5.74, 6) is 0.881. The van der Waals surface area contributed by atoms with Gasteiger partial charge in [-0.25, -0.2) is 0 Å². The van der Waals surface area contributed by atoms with Crippen LogP contribution in [0.2, 0.25) is 5.02 Å². The van der Waals surface area contributed by atoms with Gasteiger partial charge in [-0.05, 0) is 13.0 Å². The molecule has 14 heavy (non-hydrogen) atoms.